The average molecular weight is 546 g/mol. The first kappa shape index (κ1) is 25.1. The summed E-state index contributed by atoms with van der Waals surface area (Å²) in [5.41, 5.74) is 3.15. The summed E-state index contributed by atoms with van der Waals surface area (Å²) in [5.74, 6) is 0.750. The summed E-state index contributed by atoms with van der Waals surface area (Å²) < 4.78 is 11.3. The minimum atomic E-state index is -0.297. The molecular weight excluding hydrogens is 527 g/mol. The van der Waals surface area contributed by atoms with Crippen LogP contribution in [-0.2, 0) is 11.4 Å². The van der Waals surface area contributed by atoms with E-state index in [-0.39, 0.29) is 12.5 Å². The molecule has 0 saturated carbocycles. The zero-order valence-corrected chi connectivity index (χ0v) is 21.5. The minimum absolute atomic E-state index is 0.193. The Hall–Kier alpha value is -3.03. The summed E-state index contributed by atoms with van der Waals surface area (Å²) in [6.07, 6.45) is 3.11. The molecule has 0 fully saturated rings. The lowest BCUT2D eigenvalue weighted by molar-refractivity contribution is -0.111. The number of nitrogens with one attached hydrogen (secondary N) is 1. The number of nitrogens with zero attached hydrogens (tertiary/aromatic N) is 1. The summed E-state index contributed by atoms with van der Waals surface area (Å²) in [6, 6.07) is 18.0. The molecule has 1 N–H and O–H groups in total. The lowest BCUT2D eigenvalue weighted by Gasteiger charge is -2.13. The Morgan fingerprint density at radius 1 is 1.03 bits per heavy atom. The molecule has 5 nitrogen and oxygen atoms in total. The Morgan fingerprint density at radius 2 is 1.77 bits per heavy atom. The van der Waals surface area contributed by atoms with Gasteiger partial charge >= 0.3 is 0 Å². The summed E-state index contributed by atoms with van der Waals surface area (Å²) in [7, 11) is 1.55. The van der Waals surface area contributed by atoms with Gasteiger partial charge in [0.15, 0.2) is 16.6 Å². The topological polar surface area (TPSA) is 60.5 Å². The number of carbonyl (C=O) groups excluding carboxylic acids is 1. The molecule has 0 saturated heterocycles. The van der Waals surface area contributed by atoms with Crippen LogP contribution in [0, 0.1) is 0 Å². The van der Waals surface area contributed by atoms with Crippen molar-refractivity contribution in [1.29, 1.82) is 0 Å². The first-order chi connectivity index (χ1) is 16.9. The van der Waals surface area contributed by atoms with Crippen LogP contribution in [0.15, 0.2) is 72.1 Å². The van der Waals surface area contributed by atoms with Crippen LogP contribution in [0.2, 0.25) is 15.1 Å². The van der Waals surface area contributed by atoms with Gasteiger partial charge in [0.1, 0.15) is 6.61 Å². The van der Waals surface area contributed by atoms with Gasteiger partial charge in [-0.25, -0.2) is 4.98 Å². The fourth-order valence-electron chi connectivity index (χ4n) is 3.13. The molecule has 35 heavy (non-hydrogen) atoms. The first-order valence-corrected chi connectivity index (χ1v) is 12.4. The van der Waals surface area contributed by atoms with E-state index in [1.54, 1.807) is 55.7 Å². The predicted molar refractivity (Wildman–Crippen MR) is 144 cm³/mol. The third-order valence-corrected chi connectivity index (χ3v) is 6.64. The molecule has 0 bridgehead atoms. The van der Waals surface area contributed by atoms with E-state index in [9.17, 15) is 4.79 Å². The van der Waals surface area contributed by atoms with Crippen LogP contribution in [0.1, 0.15) is 11.1 Å². The number of rotatable bonds is 8. The number of benzene rings is 3. The molecule has 1 aromatic heterocycles. The molecule has 0 atom stereocenters. The molecule has 0 aliphatic carbocycles. The molecular formula is C26H19Cl3N2O3S. The monoisotopic (exact) mass is 544 g/mol. The van der Waals surface area contributed by atoms with Crippen molar-refractivity contribution in [2.75, 3.05) is 12.4 Å². The Bertz CT molecular complexity index is 1350. The molecule has 9 heteroatoms. The molecule has 3 aromatic carbocycles. The highest BCUT2D eigenvalue weighted by molar-refractivity contribution is 7.14. The van der Waals surface area contributed by atoms with Gasteiger partial charge in [-0.1, -0.05) is 59.1 Å². The summed E-state index contributed by atoms with van der Waals surface area (Å²) in [4.78, 5) is 16.8. The van der Waals surface area contributed by atoms with Crippen molar-refractivity contribution in [2.45, 2.75) is 6.61 Å². The second-order valence-electron chi connectivity index (χ2n) is 7.27. The highest BCUT2D eigenvalue weighted by atomic mass is 35.5. The summed E-state index contributed by atoms with van der Waals surface area (Å²) in [5, 5.41) is 6.87. The van der Waals surface area contributed by atoms with Crippen molar-refractivity contribution in [3.63, 3.8) is 0 Å². The lowest BCUT2D eigenvalue weighted by atomic mass is 10.2. The van der Waals surface area contributed by atoms with E-state index in [1.807, 2.05) is 23.6 Å². The van der Waals surface area contributed by atoms with Gasteiger partial charge in [0.25, 0.3) is 0 Å². The number of hydrogen-bond acceptors (Lipinski definition) is 5. The molecule has 4 aromatic rings. The Kier molecular flexibility index (Phi) is 8.31. The number of thiazole rings is 1. The SMILES string of the molecule is COc1cc(C=CC(=O)Nc2nc(-c3ccc(Cl)cc3)cs2)ccc1OCc1c(Cl)cccc1Cl. The number of hydrogen-bond donors (Lipinski definition) is 1. The van der Waals surface area contributed by atoms with Crippen LogP contribution < -0.4 is 14.8 Å². The zero-order chi connectivity index (χ0) is 24.8. The predicted octanol–water partition coefficient (Wildman–Crippen LogP) is 8.01. The fourth-order valence-corrected chi connectivity index (χ4v) is 4.49. The summed E-state index contributed by atoms with van der Waals surface area (Å²) in [6.45, 7) is 0.193. The lowest BCUT2D eigenvalue weighted by Crippen LogP contribution is -2.07. The molecule has 4 rings (SSSR count). The second-order valence-corrected chi connectivity index (χ2v) is 9.38. The van der Waals surface area contributed by atoms with Gasteiger partial charge in [-0.3, -0.25) is 10.1 Å². The third kappa shape index (κ3) is 6.55. The largest absolute Gasteiger partial charge is 0.493 e. The normalized spacial score (nSPS) is 11.0. The van der Waals surface area contributed by atoms with Crippen molar-refractivity contribution in [3.8, 4) is 22.8 Å². The quantitative estimate of drug-likeness (QED) is 0.228. The maximum Gasteiger partial charge on any atom is 0.250 e. The van der Waals surface area contributed by atoms with E-state index < -0.39 is 0 Å². The average Bonchev–Trinajstić information content (AvgIpc) is 3.31. The fraction of sp³-hybridized carbons (Fsp3) is 0.0769. The van der Waals surface area contributed by atoms with E-state index in [2.05, 4.69) is 10.3 Å². The Morgan fingerprint density at radius 3 is 2.49 bits per heavy atom. The van der Waals surface area contributed by atoms with Crippen LogP contribution in [-0.4, -0.2) is 18.0 Å². The van der Waals surface area contributed by atoms with Gasteiger partial charge in [0.2, 0.25) is 5.91 Å². The van der Waals surface area contributed by atoms with E-state index in [0.29, 0.717) is 37.3 Å². The zero-order valence-electron chi connectivity index (χ0n) is 18.4. The first-order valence-electron chi connectivity index (χ1n) is 10.4. The molecule has 1 heterocycles. The van der Waals surface area contributed by atoms with Gasteiger partial charge in [0, 0.05) is 37.7 Å². The Labute approximate surface area is 221 Å². The number of methoxy groups -OCH3 is 1. The van der Waals surface area contributed by atoms with E-state index in [4.69, 9.17) is 44.3 Å². The minimum Gasteiger partial charge on any atom is -0.493 e. The second kappa shape index (κ2) is 11.6. The van der Waals surface area contributed by atoms with Gasteiger partial charge in [-0.2, -0.15) is 0 Å². The standard InChI is InChI=1S/C26H19Cl3N2O3S/c1-33-24-13-16(5-11-23(24)34-14-19-20(28)3-2-4-21(19)29)6-12-25(32)31-26-30-22(15-35-26)17-7-9-18(27)10-8-17/h2-13,15H,14H2,1H3,(H,30,31,32). The highest BCUT2D eigenvalue weighted by Gasteiger charge is 2.10. The van der Waals surface area contributed by atoms with Crippen LogP contribution in [0.3, 0.4) is 0 Å². The van der Waals surface area contributed by atoms with Crippen molar-refractivity contribution < 1.29 is 14.3 Å². The Balaban J connectivity index is 1.39. The molecule has 178 valence electrons. The highest BCUT2D eigenvalue weighted by Crippen LogP contribution is 2.32. The van der Waals surface area contributed by atoms with E-state index >= 15 is 0 Å². The number of ether oxygens (including phenoxy) is 2. The molecule has 1 amide bonds. The number of amides is 1. The van der Waals surface area contributed by atoms with Crippen LogP contribution in [0.4, 0.5) is 5.13 Å². The van der Waals surface area contributed by atoms with Crippen LogP contribution in [0.5, 0.6) is 11.5 Å². The molecule has 0 aliphatic rings. The van der Waals surface area contributed by atoms with Gasteiger partial charge in [0.05, 0.1) is 12.8 Å². The van der Waals surface area contributed by atoms with Crippen molar-refractivity contribution in [3.05, 3.63) is 98.3 Å². The number of aromatic nitrogens is 1. The van der Waals surface area contributed by atoms with Gasteiger partial charge in [-0.05, 0) is 48.0 Å². The maximum absolute atomic E-state index is 12.4. The smallest absolute Gasteiger partial charge is 0.250 e. The van der Waals surface area contributed by atoms with Gasteiger partial charge in [-0.15, -0.1) is 11.3 Å². The van der Waals surface area contributed by atoms with Crippen molar-refractivity contribution in [1.82, 2.24) is 4.98 Å². The summed E-state index contributed by atoms with van der Waals surface area (Å²) >= 11 is 19.7. The maximum atomic E-state index is 12.4. The molecule has 0 spiro atoms. The van der Waals surface area contributed by atoms with Crippen molar-refractivity contribution in [2.24, 2.45) is 0 Å². The van der Waals surface area contributed by atoms with E-state index in [0.717, 1.165) is 16.8 Å². The molecule has 0 radical (unpaired) electrons. The molecule has 0 aliphatic heterocycles. The van der Waals surface area contributed by atoms with Gasteiger partial charge < -0.3 is 9.47 Å². The number of carbonyl (C=O) groups is 1. The number of halogens is 3. The third-order valence-electron chi connectivity index (χ3n) is 4.92. The van der Waals surface area contributed by atoms with E-state index in [1.165, 1.54) is 17.4 Å². The molecule has 0 unspecified atom stereocenters. The number of anilines is 1. The van der Waals surface area contributed by atoms with Crippen LogP contribution >= 0.6 is 46.1 Å². The van der Waals surface area contributed by atoms with Crippen molar-refractivity contribution >= 4 is 63.3 Å². The van der Waals surface area contributed by atoms with Crippen LogP contribution in [0.25, 0.3) is 17.3 Å².